The van der Waals surface area contributed by atoms with Gasteiger partial charge in [-0.2, -0.15) is 0 Å². The van der Waals surface area contributed by atoms with Gasteiger partial charge in [-0.3, -0.25) is 0 Å². The van der Waals surface area contributed by atoms with Crippen molar-refractivity contribution in [2.45, 2.75) is 45.1 Å². The highest BCUT2D eigenvalue weighted by atomic mass is 16.3. The van der Waals surface area contributed by atoms with E-state index in [0.29, 0.717) is 5.92 Å². The zero-order chi connectivity index (χ0) is 9.52. The van der Waals surface area contributed by atoms with Crippen LogP contribution in [0.5, 0.6) is 0 Å². The Morgan fingerprint density at radius 3 is 2.85 bits per heavy atom. The standard InChI is InChI=1S/C12H20O/c1-2-3-4-5-6-7-11-8-9-12(13)10-11/h6-9,11-13H,2-5,10H2,1H3/b7-6-/t11-,12-/m1/s1. The fourth-order valence-electron chi connectivity index (χ4n) is 1.63. The summed E-state index contributed by atoms with van der Waals surface area (Å²) in [5, 5.41) is 9.22. The molecular formula is C12H20O. The van der Waals surface area contributed by atoms with Crippen molar-refractivity contribution in [1.29, 1.82) is 0 Å². The van der Waals surface area contributed by atoms with Gasteiger partial charge in [0.1, 0.15) is 0 Å². The van der Waals surface area contributed by atoms with Gasteiger partial charge in [-0.25, -0.2) is 0 Å². The number of hydrogen-bond donors (Lipinski definition) is 1. The molecule has 1 aliphatic rings. The van der Waals surface area contributed by atoms with Crippen LogP contribution in [0.4, 0.5) is 0 Å². The second-order valence-electron chi connectivity index (χ2n) is 3.78. The van der Waals surface area contributed by atoms with Crippen molar-refractivity contribution in [2.75, 3.05) is 0 Å². The number of allylic oxidation sites excluding steroid dienone is 3. The average Bonchev–Trinajstić information content (AvgIpc) is 2.51. The minimum atomic E-state index is -0.203. The molecule has 0 aliphatic heterocycles. The van der Waals surface area contributed by atoms with E-state index in [4.69, 9.17) is 0 Å². The van der Waals surface area contributed by atoms with Gasteiger partial charge in [0.15, 0.2) is 0 Å². The van der Waals surface area contributed by atoms with Crippen LogP contribution in [0.1, 0.15) is 39.0 Å². The van der Waals surface area contributed by atoms with E-state index in [1.807, 2.05) is 6.08 Å². The highest BCUT2D eigenvalue weighted by Crippen LogP contribution is 2.19. The predicted molar refractivity (Wildman–Crippen MR) is 56.5 cm³/mol. The largest absolute Gasteiger partial charge is 0.389 e. The predicted octanol–water partition coefficient (Wildman–Crippen LogP) is 3.06. The van der Waals surface area contributed by atoms with Crippen molar-refractivity contribution >= 4 is 0 Å². The molecule has 0 radical (unpaired) electrons. The Hall–Kier alpha value is -0.560. The molecule has 0 aromatic carbocycles. The molecule has 0 aromatic rings. The molecular weight excluding hydrogens is 160 g/mol. The molecule has 0 heterocycles. The van der Waals surface area contributed by atoms with E-state index in [-0.39, 0.29) is 6.10 Å². The van der Waals surface area contributed by atoms with Gasteiger partial charge in [-0.1, -0.05) is 44.1 Å². The van der Waals surface area contributed by atoms with E-state index < -0.39 is 0 Å². The van der Waals surface area contributed by atoms with Gasteiger partial charge in [0.2, 0.25) is 0 Å². The summed E-state index contributed by atoms with van der Waals surface area (Å²) in [6.07, 6.45) is 14.2. The monoisotopic (exact) mass is 180 g/mol. The van der Waals surface area contributed by atoms with E-state index in [9.17, 15) is 5.11 Å². The third-order valence-corrected chi connectivity index (χ3v) is 2.45. The van der Waals surface area contributed by atoms with E-state index in [1.54, 1.807) is 0 Å². The molecule has 0 aromatic heterocycles. The Morgan fingerprint density at radius 1 is 1.38 bits per heavy atom. The first-order valence-corrected chi connectivity index (χ1v) is 5.36. The summed E-state index contributed by atoms with van der Waals surface area (Å²) in [5.41, 5.74) is 0. The Kier molecular flexibility index (Phi) is 4.84. The van der Waals surface area contributed by atoms with Crippen LogP contribution in [0.3, 0.4) is 0 Å². The second kappa shape index (κ2) is 5.98. The molecule has 1 heteroatoms. The summed E-state index contributed by atoms with van der Waals surface area (Å²) >= 11 is 0. The smallest absolute Gasteiger partial charge is 0.0729 e. The maximum absolute atomic E-state index is 9.22. The second-order valence-corrected chi connectivity index (χ2v) is 3.78. The van der Waals surface area contributed by atoms with Crippen LogP contribution in [0.2, 0.25) is 0 Å². The fraction of sp³-hybridized carbons (Fsp3) is 0.667. The van der Waals surface area contributed by atoms with Crippen LogP contribution in [0.15, 0.2) is 24.3 Å². The molecule has 0 spiro atoms. The van der Waals surface area contributed by atoms with Crippen LogP contribution >= 0.6 is 0 Å². The van der Waals surface area contributed by atoms with Crippen molar-refractivity contribution in [3.63, 3.8) is 0 Å². The Bertz CT molecular complexity index is 182. The molecule has 1 N–H and O–H groups in total. The zero-order valence-electron chi connectivity index (χ0n) is 8.45. The summed E-state index contributed by atoms with van der Waals surface area (Å²) in [6, 6.07) is 0. The van der Waals surface area contributed by atoms with E-state index in [2.05, 4.69) is 25.2 Å². The minimum Gasteiger partial charge on any atom is -0.389 e. The molecule has 0 unspecified atom stereocenters. The summed E-state index contributed by atoms with van der Waals surface area (Å²) in [4.78, 5) is 0. The molecule has 1 rings (SSSR count). The molecule has 0 fully saturated rings. The van der Waals surface area contributed by atoms with Gasteiger partial charge in [0, 0.05) is 0 Å². The van der Waals surface area contributed by atoms with Crippen LogP contribution in [0.25, 0.3) is 0 Å². The zero-order valence-corrected chi connectivity index (χ0v) is 8.45. The quantitative estimate of drug-likeness (QED) is 0.509. The lowest BCUT2D eigenvalue weighted by atomic mass is 10.1. The Labute approximate surface area is 81.2 Å². The third-order valence-electron chi connectivity index (χ3n) is 2.45. The number of hydrogen-bond acceptors (Lipinski definition) is 1. The van der Waals surface area contributed by atoms with Crippen LogP contribution in [-0.2, 0) is 0 Å². The lowest BCUT2D eigenvalue weighted by molar-refractivity contribution is 0.216. The van der Waals surface area contributed by atoms with Crippen molar-refractivity contribution in [3.8, 4) is 0 Å². The molecule has 2 atom stereocenters. The normalized spacial score (nSPS) is 27.5. The number of aliphatic hydroxyl groups excluding tert-OH is 1. The van der Waals surface area contributed by atoms with Gasteiger partial charge in [-0.15, -0.1) is 0 Å². The van der Waals surface area contributed by atoms with Gasteiger partial charge in [0.05, 0.1) is 6.10 Å². The van der Waals surface area contributed by atoms with Crippen LogP contribution < -0.4 is 0 Å². The first-order chi connectivity index (χ1) is 6.33. The van der Waals surface area contributed by atoms with Crippen LogP contribution in [0, 0.1) is 5.92 Å². The van der Waals surface area contributed by atoms with E-state index >= 15 is 0 Å². The molecule has 13 heavy (non-hydrogen) atoms. The molecule has 1 aliphatic carbocycles. The molecule has 0 saturated heterocycles. The lowest BCUT2D eigenvalue weighted by Crippen LogP contribution is -1.99. The molecule has 74 valence electrons. The molecule has 0 amide bonds. The molecule has 0 saturated carbocycles. The Morgan fingerprint density at radius 2 is 2.23 bits per heavy atom. The van der Waals surface area contributed by atoms with Gasteiger partial charge >= 0.3 is 0 Å². The summed E-state index contributed by atoms with van der Waals surface area (Å²) in [5.74, 6) is 0.483. The van der Waals surface area contributed by atoms with Gasteiger partial charge in [-0.05, 0) is 25.2 Å². The highest BCUT2D eigenvalue weighted by molar-refractivity contribution is 5.09. The van der Waals surface area contributed by atoms with Crippen molar-refractivity contribution < 1.29 is 5.11 Å². The molecule has 0 bridgehead atoms. The average molecular weight is 180 g/mol. The number of rotatable bonds is 5. The maximum Gasteiger partial charge on any atom is 0.0729 e. The van der Waals surface area contributed by atoms with Gasteiger partial charge in [0.25, 0.3) is 0 Å². The van der Waals surface area contributed by atoms with Crippen LogP contribution in [-0.4, -0.2) is 11.2 Å². The van der Waals surface area contributed by atoms with Gasteiger partial charge < -0.3 is 5.11 Å². The van der Waals surface area contributed by atoms with Crippen molar-refractivity contribution in [3.05, 3.63) is 24.3 Å². The maximum atomic E-state index is 9.22. The molecule has 1 nitrogen and oxygen atoms in total. The lowest BCUT2D eigenvalue weighted by Gasteiger charge is -2.01. The van der Waals surface area contributed by atoms with Crippen molar-refractivity contribution in [1.82, 2.24) is 0 Å². The minimum absolute atomic E-state index is 0.203. The highest BCUT2D eigenvalue weighted by Gasteiger charge is 2.12. The topological polar surface area (TPSA) is 20.2 Å². The summed E-state index contributed by atoms with van der Waals surface area (Å²) in [7, 11) is 0. The van der Waals surface area contributed by atoms with E-state index in [1.165, 1.54) is 25.7 Å². The third kappa shape index (κ3) is 4.28. The Balaban J connectivity index is 2.07. The first kappa shape index (κ1) is 10.5. The summed E-state index contributed by atoms with van der Waals surface area (Å²) in [6.45, 7) is 2.22. The van der Waals surface area contributed by atoms with Crippen molar-refractivity contribution in [2.24, 2.45) is 5.92 Å². The van der Waals surface area contributed by atoms with E-state index in [0.717, 1.165) is 6.42 Å². The fourth-order valence-corrected chi connectivity index (χ4v) is 1.63. The first-order valence-electron chi connectivity index (χ1n) is 5.36. The number of unbranched alkanes of at least 4 members (excludes halogenated alkanes) is 3. The SMILES string of the molecule is CCCCC/C=C\[C@@H]1C=C[C@@H](O)C1. The summed E-state index contributed by atoms with van der Waals surface area (Å²) < 4.78 is 0. The number of aliphatic hydroxyl groups is 1.